The van der Waals surface area contributed by atoms with E-state index in [0.29, 0.717) is 22.1 Å². The third-order valence-corrected chi connectivity index (χ3v) is 5.14. The number of carbonyl (C=O) groups excluding carboxylic acids is 1. The number of hydrogen-bond acceptors (Lipinski definition) is 6. The van der Waals surface area contributed by atoms with Gasteiger partial charge in [-0.25, -0.2) is 4.98 Å². The van der Waals surface area contributed by atoms with Crippen LogP contribution in [-0.2, 0) is 5.75 Å². The van der Waals surface area contributed by atoms with Crippen LogP contribution in [0.2, 0.25) is 0 Å². The molecule has 0 saturated carbocycles. The summed E-state index contributed by atoms with van der Waals surface area (Å²) >= 11 is 1.37. The smallest absolute Gasteiger partial charge is 0.361 e. The second-order valence-corrected chi connectivity index (χ2v) is 7.22. The number of piperazine rings is 1. The van der Waals surface area contributed by atoms with Gasteiger partial charge in [-0.3, -0.25) is 9.69 Å². The minimum atomic E-state index is -4.22. The molecule has 0 bridgehead atoms. The molecule has 10 heteroatoms. The van der Waals surface area contributed by atoms with E-state index in [1.165, 1.54) is 16.7 Å². The number of aryl methyl sites for hydroxylation is 1. The summed E-state index contributed by atoms with van der Waals surface area (Å²) < 4.78 is 42.5. The molecule has 1 fully saturated rings. The number of aromatic nitrogens is 2. The molecule has 0 aliphatic carbocycles. The maximum Gasteiger partial charge on any atom is 0.401 e. The number of rotatable bonds is 5. The molecule has 27 heavy (non-hydrogen) atoms. The van der Waals surface area contributed by atoms with Gasteiger partial charge in [0.25, 0.3) is 5.91 Å². The Morgan fingerprint density at radius 2 is 2.04 bits per heavy atom. The second-order valence-electron chi connectivity index (χ2n) is 6.26. The molecule has 146 valence electrons. The summed E-state index contributed by atoms with van der Waals surface area (Å²) in [6.45, 7) is 1.78. The van der Waals surface area contributed by atoms with Crippen LogP contribution in [0.1, 0.15) is 21.8 Å². The Hall–Kier alpha value is -2.07. The molecule has 1 saturated heterocycles. The first-order valence-electron chi connectivity index (χ1n) is 8.40. The van der Waals surface area contributed by atoms with Crippen molar-refractivity contribution in [3.05, 3.63) is 41.4 Å². The van der Waals surface area contributed by atoms with E-state index in [-0.39, 0.29) is 32.1 Å². The highest BCUT2D eigenvalue weighted by molar-refractivity contribution is 7.98. The lowest BCUT2D eigenvalue weighted by Crippen LogP contribution is -2.51. The summed E-state index contributed by atoms with van der Waals surface area (Å²) in [4.78, 5) is 20.0. The predicted octanol–water partition coefficient (Wildman–Crippen LogP) is 2.99. The van der Waals surface area contributed by atoms with Crippen LogP contribution in [0, 0.1) is 6.92 Å². The van der Waals surface area contributed by atoms with Crippen LogP contribution in [0.25, 0.3) is 0 Å². The van der Waals surface area contributed by atoms with Gasteiger partial charge < -0.3 is 9.42 Å². The Kier molecular flexibility index (Phi) is 6.05. The van der Waals surface area contributed by atoms with Crippen LogP contribution >= 0.6 is 11.8 Å². The van der Waals surface area contributed by atoms with Gasteiger partial charge in [0, 0.05) is 44.2 Å². The molecule has 0 atom stereocenters. The fourth-order valence-corrected chi connectivity index (χ4v) is 3.70. The van der Waals surface area contributed by atoms with Gasteiger partial charge in [-0.05, 0) is 19.1 Å². The van der Waals surface area contributed by atoms with Crippen molar-refractivity contribution in [2.45, 2.75) is 23.9 Å². The summed E-state index contributed by atoms with van der Waals surface area (Å²) in [6.07, 6.45) is -2.62. The Bertz CT molecular complexity index is 788. The van der Waals surface area contributed by atoms with E-state index in [4.69, 9.17) is 4.52 Å². The molecule has 0 spiro atoms. The standard InChI is InChI=1S/C17H19F3N4O2S/c1-12-9-13(22-26-12)10-27-15-14(3-2-4-21-15)16(25)24-7-5-23(6-8-24)11-17(18,19)20/h2-4,9H,5-8,10-11H2,1H3. The molecule has 2 aromatic heterocycles. The van der Waals surface area contributed by atoms with Gasteiger partial charge in [-0.2, -0.15) is 13.2 Å². The van der Waals surface area contributed by atoms with Gasteiger partial charge in [0.1, 0.15) is 10.8 Å². The summed E-state index contributed by atoms with van der Waals surface area (Å²) in [7, 11) is 0. The molecule has 1 aliphatic rings. The molecule has 2 aromatic rings. The first-order valence-corrected chi connectivity index (χ1v) is 9.39. The molecular formula is C17H19F3N4O2S. The lowest BCUT2D eigenvalue weighted by atomic mass is 10.2. The normalized spacial score (nSPS) is 15.9. The summed E-state index contributed by atoms with van der Waals surface area (Å²) in [5, 5.41) is 4.49. The molecule has 0 N–H and O–H groups in total. The summed E-state index contributed by atoms with van der Waals surface area (Å²) in [5.74, 6) is 1.00. The number of hydrogen-bond donors (Lipinski definition) is 0. The molecule has 1 aliphatic heterocycles. The van der Waals surface area contributed by atoms with Crippen LogP contribution in [0.4, 0.5) is 13.2 Å². The molecular weight excluding hydrogens is 381 g/mol. The summed E-state index contributed by atoms with van der Waals surface area (Å²) in [6, 6.07) is 5.18. The second kappa shape index (κ2) is 8.30. The van der Waals surface area contributed by atoms with Crippen LogP contribution in [-0.4, -0.2) is 64.7 Å². The van der Waals surface area contributed by atoms with Crippen LogP contribution in [0.5, 0.6) is 0 Å². The first kappa shape index (κ1) is 19.7. The fraction of sp³-hybridized carbons (Fsp3) is 0.471. The van der Waals surface area contributed by atoms with Gasteiger partial charge in [0.15, 0.2) is 0 Å². The topological polar surface area (TPSA) is 62.5 Å². The van der Waals surface area contributed by atoms with Gasteiger partial charge in [-0.1, -0.05) is 16.9 Å². The Morgan fingerprint density at radius 1 is 1.30 bits per heavy atom. The number of thioether (sulfide) groups is 1. The highest BCUT2D eigenvalue weighted by atomic mass is 32.2. The number of alkyl halides is 3. The predicted molar refractivity (Wildman–Crippen MR) is 93.4 cm³/mol. The zero-order chi connectivity index (χ0) is 19.4. The zero-order valence-electron chi connectivity index (χ0n) is 14.7. The number of amides is 1. The van der Waals surface area contributed by atoms with Crippen molar-refractivity contribution < 1.29 is 22.5 Å². The van der Waals surface area contributed by atoms with Gasteiger partial charge >= 0.3 is 6.18 Å². The average molecular weight is 400 g/mol. The van der Waals surface area contributed by atoms with Crippen molar-refractivity contribution in [2.24, 2.45) is 0 Å². The molecule has 3 heterocycles. The van der Waals surface area contributed by atoms with Crippen LogP contribution in [0.15, 0.2) is 33.9 Å². The average Bonchev–Trinajstić information content (AvgIpc) is 3.04. The molecule has 1 amide bonds. The largest absolute Gasteiger partial charge is 0.401 e. The van der Waals surface area contributed by atoms with E-state index in [9.17, 15) is 18.0 Å². The van der Waals surface area contributed by atoms with Crippen LogP contribution < -0.4 is 0 Å². The van der Waals surface area contributed by atoms with Gasteiger partial charge in [0.05, 0.1) is 17.8 Å². The maximum absolute atomic E-state index is 12.8. The van der Waals surface area contributed by atoms with Crippen molar-refractivity contribution in [1.82, 2.24) is 19.9 Å². The van der Waals surface area contributed by atoms with Crippen LogP contribution in [0.3, 0.4) is 0 Å². The number of halogens is 3. The highest BCUT2D eigenvalue weighted by Gasteiger charge is 2.33. The van der Waals surface area contributed by atoms with E-state index in [0.717, 1.165) is 5.69 Å². The lowest BCUT2D eigenvalue weighted by molar-refractivity contribution is -0.148. The van der Waals surface area contributed by atoms with Crippen molar-refractivity contribution in [1.29, 1.82) is 0 Å². The molecule has 0 unspecified atom stereocenters. The molecule has 0 radical (unpaired) electrons. The Balaban J connectivity index is 1.62. The van der Waals surface area contributed by atoms with E-state index < -0.39 is 12.7 Å². The summed E-state index contributed by atoms with van der Waals surface area (Å²) in [5.41, 5.74) is 1.20. The maximum atomic E-state index is 12.8. The van der Waals surface area contributed by atoms with Crippen molar-refractivity contribution in [3.63, 3.8) is 0 Å². The quantitative estimate of drug-likeness (QED) is 0.719. The van der Waals surface area contributed by atoms with E-state index in [2.05, 4.69) is 10.1 Å². The third-order valence-electron chi connectivity index (χ3n) is 4.10. The minimum absolute atomic E-state index is 0.201. The molecule has 0 aromatic carbocycles. The fourth-order valence-electron chi connectivity index (χ4n) is 2.83. The Morgan fingerprint density at radius 3 is 2.67 bits per heavy atom. The van der Waals surface area contributed by atoms with E-state index >= 15 is 0 Å². The number of carbonyl (C=O) groups is 1. The van der Waals surface area contributed by atoms with Gasteiger partial charge in [0.2, 0.25) is 0 Å². The highest BCUT2D eigenvalue weighted by Crippen LogP contribution is 2.25. The van der Waals surface area contributed by atoms with Crippen molar-refractivity contribution in [2.75, 3.05) is 32.7 Å². The number of pyridine rings is 1. The zero-order valence-corrected chi connectivity index (χ0v) is 15.5. The van der Waals surface area contributed by atoms with E-state index in [1.54, 1.807) is 30.2 Å². The monoisotopic (exact) mass is 400 g/mol. The molecule has 3 rings (SSSR count). The van der Waals surface area contributed by atoms with E-state index in [1.807, 2.05) is 6.07 Å². The SMILES string of the molecule is Cc1cc(CSc2ncccc2C(=O)N2CCN(CC(F)(F)F)CC2)no1. The number of nitrogens with zero attached hydrogens (tertiary/aromatic N) is 4. The molecule has 6 nitrogen and oxygen atoms in total. The lowest BCUT2D eigenvalue weighted by Gasteiger charge is -2.35. The minimum Gasteiger partial charge on any atom is -0.361 e. The van der Waals surface area contributed by atoms with Crippen molar-refractivity contribution in [3.8, 4) is 0 Å². The third kappa shape index (κ3) is 5.46. The van der Waals surface area contributed by atoms with Gasteiger partial charge in [-0.15, -0.1) is 0 Å². The first-order chi connectivity index (χ1) is 12.8. The van der Waals surface area contributed by atoms with Crippen molar-refractivity contribution >= 4 is 17.7 Å². The Labute approximate surface area is 158 Å².